The molecule has 3 unspecified atom stereocenters. The molecule has 0 radical (unpaired) electrons. The number of nitrogens with zero attached hydrogens (tertiary/aromatic N) is 1. The van der Waals surface area contributed by atoms with Gasteiger partial charge in [-0.25, -0.2) is 0 Å². The summed E-state index contributed by atoms with van der Waals surface area (Å²) < 4.78 is 5.86. The average molecular weight is 481 g/mol. The van der Waals surface area contributed by atoms with E-state index in [1.807, 2.05) is 30.3 Å². The quantitative estimate of drug-likeness (QED) is 0.347. The minimum absolute atomic E-state index is 0.0197. The second-order valence-corrected chi connectivity index (χ2v) is 9.63. The van der Waals surface area contributed by atoms with Gasteiger partial charge in [0, 0.05) is 28.0 Å². The van der Waals surface area contributed by atoms with Crippen molar-refractivity contribution in [3.05, 3.63) is 46.0 Å². The molecule has 2 aliphatic carbocycles. The number of ketones is 1. The Kier molecular flexibility index (Phi) is 8.39. The van der Waals surface area contributed by atoms with Crippen LogP contribution in [0.4, 0.5) is 0 Å². The molecule has 2 aliphatic rings. The third-order valence-corrected chi connectivity index (χ3v) is 7.17. The van der Waals surface area contributed by atoms with E-state index in [4.69, 9.17) is 4.74 Å². The van der Waals surface area contributed by atoms with E-state index in [0.717, 1.165) is 31.2 Å². The van der Waals surface area contributed by atoms with E-state index in [1.165, 1.54) is 0 Å². The number of nitrogens with one attached hydrogen (secondary N) is 1. The van der Waals surface area contributed by atoms with Crippen LogP contribution in [0.15, 0.2) is 30.3 Å². The van der Waals surface area contributed by atoms with Crippen LogP contribution in [0.25, 0.3) is 0 Å². The highest BCUT2D eigenvalue weighted by molar-refractivity contribution is 9.09. The van der Waals surface area contributed by atoms with E-state index >= 15 is 0 Å². The summed E-state index contributed by atoms with van der Waals surface area (Å²) in [6, 6.07) is 8.69. The Morgan fingerprint density at radius 1 is 1.07 bits per heavy atom. The number of benzene rings is 1. The van der Waals surface area contributed by atoms with Crippen LogP contribution in [0.3, 0.4) is 0 Å². The van der Waals surface area contributed by atoms with E-state index in [1.54, 1.807) is 0 Å². The van der Waals surface area contributed by atoms with E-state index < -0.39 is 12.1 Å². The molecule has 7 nitrogen and oxygen atoms in total. The lowest BCUT2D eigenvalue weighted by atomic mass is 9.83. The number of ether oxygens (including phenoxy) is 1. The fourth-order valence-electron chi connectivity index (χ4n) is 4.39. The van der Waals surface area contributed by atoms with Gasteiger partial charge in [0.15, 0.2) is 5.78 Å². The molecule has 0 spiro atoms. The van der Waals surface area contributed by atoms with Crippen LogP contribution in [0.2, 0.25) is 0 Å². The number of amides is 1. The fourth-order valence-corrected chi connectivity index (χ4v) is 4.92. The van der Waals surface area contributed by atoms with Crippen molar-refractivity contribution < 1.29 is 19.2 Å². The first-order valence-electron chi connectivity index (χ1n) is 10.7. The van der Waals surface area contributed by atoms with Crippen LogP contribution in [0.1, 0.15) is 50.5 Å². The SMILES string of the molecule is O=C(CNC(=O)C1CCC([N+](=O)[O-])C(OCc2ccccc2)C1)C1CCC(Br)CC1. The molecule has 0 heterocycles. The minimum atomic E-state index is -0.807. The number of hydrogen-bond acceptors (Lipinski definition) is 5. The molecule has 0 bridgehead atoms. The van der Waals surface area contributed by atoms with Crippen LogP contribution in [-0.2, 0) is 20.9 Å². The molecular formula is C22H29BrN2O5. The summed E-state index contributed by atoms with van der Waals surface area (Å²) in [6.45, 7) is 0.320. The summed E-state index contributed by atoms with van der Waals surface area (Å²) in [5, 5.41) is 14.2. The minimum Gasteiger partial charge on any atom is -0.366 e. The Bertz CT molecular complexity index is 736. The zero-order valence-electron chi connectivity index (χ0n) is 17.0. The van der Waals surface area contributed by atoms with Crippen LogP contribution in [0, 0.1) is 22.0 Å². The van der Waals surface area contributed by atoms with Crippen molar-refractivity contribution in [2.75, 3.05) is 6.54 Å². The summed E-state index contributed by atoms with van der Waals surface area (Å²) in [5.74, 6) is -0.467. The molecule has 0 aliphatic heterocycles. The van der Waals surface area contributed by atoms with Crippen molar-refractivity contribution >= 4 is 27.6 Å². The van der Waals surface area contributed by atoms with Gasteiger partial charge in [-0.1, -0.05) is 46.3 Å². The number of carbonyl (C=O) groups excluding carboxylic acids is 2. The van der Waals surface area contributed by atoms with Gasteiger partial charge in [0.25, 0.3) is 0 Å². The Hall–Kier alpha value is -1.80. The zero-order chi connectivity index (χ0) is 21.5. The highest BCUT2D eigenvalue weighted by Crippen LogP contribution is 2.30. The van der Waals surface area contributed by atoms with Crippen molar-refractivity contribution in [1.29, 1.82) is 0 Å². The van der Waals surface area contributed by atoms with Crippen LogP contribution < -0.4 is 5.32 Å². The van der Waals surface area contributed by atoms with Gasteiger partial charge in [-0.15, -0.1) is 0 Å². The van der Waals surface area contributed by atoms with Crippen molar-refractivity contribution in [2.24, 2.45) is 11.8 Å². The maximum absolute atomic E-state index is 12.6. The lowest BCUT2D eigenvalue weighted by molar-refractivity contribution is -0.540. The molecule has 1 aromatic carbocycles. The molecule has 0 aromatic heterocycles. The highest BCUT2D eigenvalue weighted by Gasteiger charge is 2.41. The second-order valence-electron chi connectivity index (χ2n) is 8.33. The van der Waals surface area contributed by atoms with Crippen LogP contribution >= 0.6 is 15.9 Å². The summed E-state index contributed by atoms with van der Waals surface area (Å²) in [4.78, 5) is 36.7. The Balaban J connectivity index is 1.50. The van der Waals surface area contributed by atoms with Gasteiger partial charge in [0.1, 0.15) is 6.10 Å². The standard InChI is InChI=1S/C22H29BrN2O5/c23-18-9-6-16(7-10-18)20(26)13-24-22(27)17-8-11-19(25(28)29)21(12-17)30-14-15-4-2-1-3-5-15/h1-5,16-19,21H,6-14H2,(H,24,27). The molecule has 0 saturated heterocycles. The fraction of sp³-hybridized carbons (Fsp3) is 0.636. The monoisotopic (exact) mass is 480 g/mol. The third kappa shape index (κ3) is 6.35. The van der Waals surface area contributed by atoms with Gasteiger partial charge >= 0.3 is 0 Å². The third-order valence-electron chi connectivity index (χ3n) is 6.25. The number of alkyl halides is 1. The van der Waals surface area contributed by atoms with Gasteiger partial charge in [0.05, 0.1) is 13.2 Å². The lowest BCUT2D eigenvalue weighted by Crippen LogP contribution is -2.46. The maximum atomic E-state index is 12.6. The first-order valence-corrected chi connectivity index (χ1v) is 11.6. The average Bonchev–Trinajstić information content (AvgIpc) is 2.76. The number of carbonyl (C=O) groups is 2. The van der Waals surface area contributed by atoms with E-state index in [2.05, 4.69) is 21.2 Å². The summed E-state index contributed by atoms with van der Waals surface area (Å²) in [7, 11) is 0. The number of rotatable bonds is 8. The summed E-state index contributed by atoms with van der Waals surface area (Å²) in [5.41, 5.74) is 0.940. The highest BCUT2D eigenvalue weighted by atomic mass is 79.9. The van der Waals surface area contributed by atoms with Crippen molar-refractivity contribution in [1.82, 2.24) is 5.32 Å². The molecule has 3 atom stereocenters. The largest absolute Gasteiger partial charge is 0.366 e. The summed E-state index contributed by atoms with van der Waals surface area (Å²) in [6.07, 6.45) is 4.09. The predicted octanol–water partition coefficient (Wildman–Crippen LogP) is 3.66. The van der Waals surface area contributed by atoms with Gasteiger partial charge in [-0.05, 0) is 44.1 Å². The normalized spacial score (nSPS) is 29.2. The Morgan fingerprint density at radius 2 is 1.73 bits per heavy atom. The maximum Gasteiger partial charge on any atom is 0.238 e. The molecule has 30 heavy (non-hydrogen) atoms. The van der Waals surface area contributed by atoms with E-state index in [-0.39, 0.29) is 41.6 Å². The topological polar surface area (TPSA) is 98.5 Å². The molecule has 164 valence electrons. The van der Waals surface area contributed by atoms with Crippen LogP contribution in [-0.4, -0.2) is 40.1 Å². The van der Waals surface area contributed by atoms with Gasteiger partial charge in [-0.3, -0.25) is 19.7 Å². The molecule has 2 saturated carbocycles. The number of Topliss-reactive ketones (excluding diaryl/α,β-unsaturated/α-hetero) is 1. The zero-order valence-corrected chi connectivity index (χ0v) is 18.6. The van der Waals surface area contributed by atoms with Gasteiger partial charge < -0.3 is 10.1 Å². The lowest BCUT2D eigenvalue weighted by Gasteiger charge is -2.31. The number of halogens is 1. The Labute approximate surface area is 185 Å². The molecule has 2 fully saturated rings. The Morgan fingerprint density at radius 3 is 2.40 bits per heavy atom. The number of nitro groups is 1. The number of hydrogen-bond donors (Lipinski definition) is 1. The van der Waals surface area contributed by atoms with Gasteiger partial charge in [0.2, 0.25) is 11.9 Å². The smallest absolute Gasteiger partial charge is 0.238 e. The summed E-state index contributed by atoms with van der Waals surface area (Å²) >= 11 is 3.59. The molecular weight excluding hydrogens is 452 g/mol. The van der Waals surface area contributed by atoms with Crippen molar-refractivity contribution in [2.45, 2.75) is 68.5 Å². The van der Waals surface area contributed by atoms with Crippen molar-refractivity contribution in [3.63, 3.8) is 0 Å². The molecule has 1 aromatic rings. The molecule has 8 heteroatoms. The van der Waals surface area contributed by atoms with Crippen LogP contribution in [0.5, 0.6) is 0 Å². The van der Waals surface area contributed by atoms with Crippen molar-refractivity contribution in [3.8, 4) is 0 Å². The van der Waals surface area contributed by atoms with E-state index in [9.17, 15) is 19.7 Å². The predicted molar refractivity (Wildman–Crippen MR) is 116 cm³/mol. The molecule has 3 rings (SSSR count). The molecule has 1 N–H and O–H groups in total. The first kappa shape index (κ1) is 22.9. The first-order chi connectivity index (χ1) is 14.4. The molecule has 1 amide bonds. The van der Waals surface area contributed by atoms with Gasteiger partial charge in [-0.2, -0.15) is 0 Å². The van der Waals surface area contributed by atoms with E-state index in [0.29, 0.717) is 24.1 Å². The second kappa shape index (κ2) is 11.0.